The van der Waals surface area contributed by atoms with E-state index < -0.39 is 6.61 Å². The van der Waals surface area contributed by atoms with E-state index >= 15 is 0 Å². The molecule has 0 bridgehead atoms. The average Bonchev–Trinajstić information content (AvgIpc) is 2.52. The molecule has 0 aliphatic heterocycles. The minimum Gasteiger partial charge on any atom is -0.435 e. The first-order valence-electron chi connectivity index (χ1n) is 7.01. The van der Waals surface area contributed by atoms with Crippen molar-refractivity contribution in [2.75, 3.05) is 0 Å². The number of hydrogen-bond acceptors (Lipinski definition) is 2. The summed E-state index contributed by atoms with van der Waals surface area (Å²) in [5.41, 5.74) is 3.36. The monoisotopic (exact) mass is 300 g/mol. The number of hydrogen-bond donors (Lipinski definition) is 0. The predicted octanol–water partition coefficient (Wildman–Crippen LogP) is 4.50. The molecule has 0 spiro atoms. The highest BCUT2D eigenvalue weighted by Gasteiger charge is 2.21. The fraction of sp³-hybridized carbons (Fsp3) is 0.167. The number of fused-ring (bicyclic) bond motifs is 1. The number of Topliss-reactive ketones (excluding diaryl/α,β-unsaturated/α-hetero) is 1. The Morgan fingerprint density at radius 3 is 2.45 bits per heavy atom. The second kappa shape index (κ2) is 6.10. The molecule has 0 aromatic heterocycles. The highest BCUT2D eigenvalue weighted by Crippen LogP contribution is 2.27. The van der Waals surface area contributed by atoms with Gasteiger partial charge in [-0.1, -0.05) is 36.4 Å². The molecule has 0 saturated carbocycles. The van der Waals surface area contributed by atoms with E-state index in [0.29, 0.717) is 6.42 Å². The number of benzene rings is 2. The molecule has 0 saturated heterocycles. The second-order valence-electron chi connectivity index (χ2n) is 5.10. The number of carbonyl (C=O) groups excluding carboxylic acids is 1. The van der Waals surface area contributed by atoms with Gasteiger partial charge in [0.15, 0.2) is 5.78 Å². The Labute approximate surface area is 127 Å². The number of allylic oxidation sites excluding steroid dienone is 1. The number of ether oxygens (including phenoxy) is 1. The summed E-state index contributed by atoms with van der Waals surface area (Å²) in [6.45, 7) is -2.83. The van der Waals surface area contributed by atoms with Gasteiger partial charge < -0.3 is 4.74 Å². The summed E-state index contributed by atoms with van der Waals surface area (Å²) in [4.78, 5) is 12.4. The van der Waals surface area contributed by atoms with E-state index in [1.54, 1.807) is 12.1 Å². The molecule has 22 heavy (non-hydrogen) atoms. The lowest BCUT2D eigenvalue weighted by Crippen LogP contribution is -2.13. The molecule has 0 atom stereocenters. The molecule has 2 nitrogen and oxygen atoms in total. The standard InChI is InChI=1S/C18H14F2O2/c19-18(20)22-15-9-5-12(6-10-15)11-14-8-7-13-3-1-2-4-16(13)17(14)21/h1-6,9-11,18H,7-8H2. The van der Waals surface area contributed by atoms with Crippen molar-refractivity contribution in [2.45, 2.75) is 19.5 Å². The van der Waals surface area contributed by atoms with Crippen molar-refractivity contribution < 1.29 is 18.3 Å². The van der Waals surface area contributed by atoms with Crippen LogP contribution in [-0.4, -0.2) is 12.4 Å². The third kappa shape index (κ3) is 3.06. The molecule has 0 amide bonds. The Morgan fingerprint density at radius 2 is 1.73 bits per heavy atom. The van der Waals surface area contributed by atoms with Gasteiger partial charge in [-0.05, 0) is 42.2 Å². The SMILES string of the molecule is O=C1C(=Cc2ccc(OC(F)F)cc2)CCc2ccccc21. The fourth-order valence-corrected chi connectivity index (χ4v) is 2.60. The number of ketones is 1. The number of carbonyl (C=O) groups is 1. The lowest BCUT2D eigenvalue weighted by molar-refractivity contribution is -0.0498. The molecule has 3 rings (SSSR count). The van der Waals surface area contributed by atoms with Gasteiger partial charge in [-0.3, -0.25) is 4.79 Å². The zero-order valence-corrected chi connectivity index (χ0v) is 11.8. The molecule has 0 N–H and O–H groups in total. The Kier molecular flexibility index (Phi) is 4.00. The number of aryl methyl sites for hydroxylation is 1. The molecule has 112 valence electrons. The zero-order chi connectivity index (χ0) is 15.5. The molecular weight excluding hydrogens is 286 g/mol. The molecule has 4 heteroatoms. The van der Waals surface area contributed by atoms with Crippen LogP contribution < -0.4 is 4.74 Å². The highest BCUT2D eigenvalue weighted by atomic mass is 19.3. The summed E-state index contributed by atoms with van der Waals surface area (Å²) < 4.78 is 28.5. The third-order valence-electron chi connectivity index (χ3n) is 3.66. The van der Waals surface area contributed by atoms with Crippen LogP contribution >= 0.6 is 0 Å². The largest absolute Gasteiger partial charge is 0.435 e. The van der Waals surface area contributed by atoms with Gasteiger partial charge in [0, 0.05) is 11.1 Å². The van der Waals surface area contributed by atoms with E-state index in [9.17, 15) is 13.6 Å². The van der Waals surface area contributed by atoms with Gasteiger partial charge >= 0.3 is 6.61 Å². The van der Waals surface area contributed by atoms with Crippen molar-refractivity contribution in [2.24, 2.45) is 0 Å². The van der Waals surface area contributed by atoms with Gasteiger partial charge in [-0.25, -0.2) is 0 Å². The van der Waals surface area contributed by atoms with Crippen LogP contribution in [0, 0.1) is 0 Å². The van der Waals surface area contributed by atoms with Crippen molar-refractivity contribution in [1.29, 1.82) is 0 Å². The highest BCUT2D eigenvalue weighted by molar-refractivity contribution is 6.13. The summed E-state index contributed by atoms with van der Waals surface area (Å²) in [5.74, 6) is 0.146. The van der Waals surface area contributed by atoms with Gasteiger partial charge in [-0.15, -0.1) is 0 Å². The first kappa shape index (κ1) is 14.4. The first-order chi connectivity index (χ1) is 10.6. The minimum absolute atomic E-state index is 0.0368. The van der Waals surface area contributed by atoms with Crippen molar-refractivity contribution in [3.8, 4) is 5.75 Å². The van der Waals surface area contributed by atoms with Crippen LogP contribution in [0.15, 0.2) is 54.1 Å². The molecule has 2 aromatic rings. The maximum atomic E-state index is 12.4. The lowest BCUT2D eigenvalue weighted by atomic mass is 9.86. The van der Waals surface area contributed by atoms with Crippen molar-refractivity contribution in [3.63, 3.8) is 0 Å². The van der Waals surface area contributed by atoms with Crippen LogP contribution in [0.25, 0.3) is 6.08 Å². The fourth-order valence-electron chi connectivity index (χ4n) is 2.60. The van der Waals surface area contributed by atoms with Crippen LogP contribution in [0.3, 0.4) is 0 Å². The number of halogens is 2. The maximum Gasteiger partial charge on any atom is 0.387 e. The number of alkyl halides is 2. The molecule has 1 aliphatic rings. The predicted molar refractivity (Wildman–Crippen MR) is 80.1 cm³/mol. The molecule has 0 fully saturated rings. The second-order valence-corrected chi connectivity index (χ2v) is 5.10. The molecule has 0 heterocycles. The lowest BCUT2D eigenvalue weighted by Gasteiger charge is -2.17. The molecule has 0 radical (unpaired) electrons. The smallest absolute Gasteiger partial charge is 0.387 e. The van der Waals surface area contributed by atoms with Crippen molar-refractivity contribution >= 4 is 11.9 Å². The topological polar surface area (TPSA) is 26.3 Å². The van der Waals surface area contributed by atoms with Gasteiger partial charge in [0.2, 0.25) is 0 Å². The first-order valence-corrected chi connectivity index (χ1v) is 7.01. The van der Waals surface area contributed by atoms with E-state index in [1.165, 1.54) is 12.1 Å². The number of rotatable bonds is 3. The van der Waals surface area contributed by atoms with Crippen LogP contribution in [-0.2, 0) is 6.42 Å². The Bertz CT molecular complexity index is 718. The van der Waals surface area contributed by atoms with Crippen molar-refractivity contribution in [3.05, 3.63) is 70.8 Å². The third-order valence-corrected chi connectivity index (χ3v) is 3.66. The Morgan fingerprint density at radius 1 is 1.00 bits per heavy atom. The zero-order valence-electron chi connectivity index (χ0n) is 11.8. The molecule has 1 aliphatic carbocycles. The van der Waals surface area contributed by atoms with Gasteiger partial charge in [0.1, 0.15) is 5.75 Å². The van der Waals surface area contributed by atoms with Crippen molar-refractivity contribution in [1.82, 2.24) is 0 Å². The Balaban J connectivity index is 1.83. The van der Waals surface area contributed by atoms with Gasteiger partial charge in [-0.2, -0.15) is 8.78 Å². The van der Waals surface area contributed by atoms with Gasteiger partial charge in [0.25, 0.3) is 0 Å². The summed E-state index contributed by atoms with van der Waals surface area (Å²) in [7, 11) is 0. The van der Waals surface area contributed by atoms with Gasteiger partial charge in [0.05, 0.1) is 0 Å². The van der Waals surface area contributed by atoms with E-state index in [-0.39, 0.29) is 11.5 Å². The Hall–Kier alpha value is -2.49. The summed E-state index contributed by atoms with van der Waals surface area (Å²) >= 11 is 0. The average molecular weight is 300 g/mol. The normalized spacial score (nSPS) is 16.0. The van der Waals surface area contributed by atoms with Crippen LogP contribution in [0.2, 0.25) is 0 Å². The summed E-state index contributed by atoms with van der Waals surface area (Å²) in [6.07, 6.45) is 3.33. The van der Waals surface area contributed by atoms with Crippen LogP contribution in [0.5, 0.6) is 5.75 Å². The minimum atomic E-state index is -2.83. The molecule has 0 unspecified atom stereocenters. The van der Waals surface area contributed by atoms with E-state index in [2.05, 4.69) is 4.74 Å². The van der Waals surface area contributed by atoms with Crippen LogP contribution in [0.4, 0.5) is 8.78 Å². The van der Waals surface area contributed by atoms with E-state index in [4.69, 9.17) is 0 Å². The van der Waals surface area contributed by atoms with E-state index in [1.807, 2.05) is 30.3 Å². The summed E-state index contributed by atoms with van der Waals surface area (Å²) in [6, 6.07) is 13.9. The molecule has 2 aromatic carbocycles. The summed E-state index contributed by atoms with van der Waals surface area (Å²) in [5, 5.41) is 0. The maximum absolute atomic E-state index is 12.4. The van der Waals surface area contributed by atoms with E-state index in [0.717, 1.165) is 28.7 Å². The quantitative estimate of drug-likeness (QED) is 0.780. The van der Waals surface area contributed by atoms with Crippen LogP contribution in [0.1, 0.15) is 27.9 Å². The molecular formula is C18H14F2O2.